The summed E-state index contributed by atoms with van der Waals surface area (Å²) in [5, 5.41) is 2.46. The number of carbonyl (C=O) groups is 2. The first kappa shape index (κ1) is 18.2. The Balaban J connectivity index is 2.44. The van der Waals surface area contributed by atoms with Gasteiger partial charge in [-0.05, 0) is 18.4 Å². The van der Waals surface area contributed by atoms with Crippen LogP contribution in [0.15, 0.2) is 35.3 Å². The number of aliphatic imine (C=N–C) groups is 1. The van der Waals surface area contributed by atoms with Gasteiger partial charge < -0.3 is 21.5 Å². The lowest BCUT2D eigenvalue weighted by Gasteiger charge is -2.16. The summed E-state index contributed by atoms with van der Waals surface area (Å²) in [6.07, 6.45) is 0.110. The monoisotopic (exact) mass is 322 g/mol. The summed E-state index contributed by atoms with van der Waals surface area (Å²) in [6.45, 7) is 0.453. The van der Waals surface area contributed by atoms with Gasteiger partial charge in [0, 0.05) is 6.54 Å². The molecule has 2 amide bonds. The molecule has 0 saturated carbocycles. The zero-order chi connectivity index (χ0) is 17.1. The third kappa shape index (κ3) is 7.67. The van der Waals surface area contributed by atoms with Gasteiger partial charge in [0.25, 0.3) is 5.91 Å². The van der Waals surface area contributed by atoms with Crippen molar-refractivity contribution in [2.24, 2.45) is 22.3 Å². The minimum absolute atomic E-state index is 0.0277. The number of amides is 2. The predicted octanol–water partition coefficient (Wildman–Crippen LogP) is -0.675. The number of guanidine groups is 1. The largest absolute Gasteiger partial charge is 0.445 e. The molecule has 1 rings (SSSR count). The highest BCUT2D eigenvalue weighted by Gasteiger charge is 2.20. The van der Waals surface area contributed by atoms with Crippen LogP contribution in [0, 0.1) is 0 Å². The number of hydrogen-bond donors (Lipinski definition) is 5. The molecular weight excluding hydrogens is 300 g/mol. The molecule has 23 heavy (non-hydrogen) atoms. The molecule has 0 aromatic heterocycles. The molecular formula is C14H22N6O3. The van der Waals surface area contributed by atoms with Crippen molar-refractivity contribution in [2.45, 2.75) is 25.5 Å². The van der Waals surface area contributed by atoms with E-state index < -0.39 is 18.0 Å². The van der Waals surface area contributed by atoms with Gasteiger partial charge in [-0.3, -0.25) is 15.2 Å². The number of hydrazine groups is 1. The Morgan fingerprint density at radius 3 is 2.52 bits per heavy atom. The van der Waals surface area contributed by atoms with Crippen LogP contribution in [0.4, 0.5) is 4.79 Å². The summed E-state index contributed by atoms with van der Waals surface area (Å²) in [4.78, 5) is 27.2. The van der Waals surface area contributed by atoms with Gasteiger partial charge in [0.2, 0.25) is 0 Å². The number of benzene rings is 1. The van der Waals surface area contributed by atoms with E-state index in [4.69, 9.17) is 22.0 Å². The minimum Gasteiger partial charge on any atom is -0.445 e. The fourth-order valence-electron chi connectivity index (χ4n) is 1.78. The molecule has 9 nitrogen and oxygen atoms in total. The van der Waals surface area contributed by atoms with Crippen molar-refractivity contribution in [2.75, 3.05) is 6.54 Å². The number of alkyl carbamates (subject to hydrolysis) is 1. The molecule has 0 saturated heterocycles. The van der Waals surface area contributed by atoms with Crippen molar-refractivity contribution < 1.29 is 14.3 Å². The minimum atomic E-state index is -0.822. The zero-order valence-electron chi connectivity index (χ0n) is 12.7. The number of nitrogens with zero attached hydrogens (tertiary/aromatic N) is 1. The van der Waals surface area contributed by atoms with E-state index in [9.17, 15) is 9.59 Å². The van der Waals surface area contributed by atoms with Crippen molar-refractivity contribution in [3.05, 3.63) is 35.9 Å². The third-order valence-corrected chi connectivity index (χ3v) is 2.91. The Morgan fingerprint density at radius 2 is 1.91 bits per heavy atom. The van der Waals surface area contributed by atoms with Gasteiger partial charge in [-0.25, -0.2) is 10.6 Å². The van der Waals surface area contributed by atoms with E-state index in [1.807, 2.05) is 35.8 Å². The lowest BCUT2D eigenvalue weighted by Crippen LogP contribution is -2.49. The Labute approximate surface area is 134 Å². The van der Waals surface area contributed by atoms with Crippen LogP contribution in [0.25, 0.3) is 0 Å². The normalized spacial score (nSPS) is 11.2. The van der Waals surface area contributed by atoms with Crippen LogP contribution in [0.3, 0.4) is 0 Å². The third-order valence-electron chi connectivity index (χ3n) is 2.91. The molecule has 126 valence electrons. The molecule has 1 atom stereocenters. The molecule has 0 heterocycles. The van der Waals surface area contributed by atoms with Gasteiger partial charge in [0.15, 0.2) is 5.96 Å². The predicted molar refractivity (Wildman–Crippen MR) is 85.8 cm³/mol. The molecule has 1 aromatic carbocycles. The molecule has 0 unspecified atom stereocenters. The number of nitrogens with two attached hydrogens (primary N) is 3. The van der Waals surface area contributed by atoms with Crippen molar-refractivity contribution in [1.29, 1.82) is 0 Å². The van der Waals surface area contributed by atoms with Crippen LogP contribution in [0.2, 0.25) is 0 Å². The molecule has 0 aliphatic rings. The average molecular weight is 322 g/mol. The first-order valence-corrected chi connectivity index (χ1v) is 7.06. The first-order valence-electron chi connectivity index (χ1n) is 7.06. The number of hydrogen-bond acceptors (Lipinski definition) is 5. The van der Waals surface area contributed by atoms with Gasteiger partial charge in [-0.2, -0.15) is 0 Å². The molecule has 0 radical (unpaired) electrons. The number of ether oxygens (including phenoxy) is 1. The molecule has 0 fully saturated rings. The van der Waals surface area contributed by atoms with Gasteiger partial charge in [-0.1, -0.05) is 30.3 Å². The van der Waals surface area contributed by atoms with E-state index in [2.05, 4.69) is 10.3 Å². The van der Waals surface area contributed by atoms with Crippen molar-refractivity contribution >= 4 is 18.0 Å². The lowest BCUT2D eigenvalue weighted by atomic mass is 10.1. The summed E-state index contributed by atoms with van der Waals surface area (Å²) in [5.41, 5.74) is 13.3. The summed E-state index contributed by atoms with van der Waals surface area (Å²) >= 11 is 0. The fourth-order valence-corrected chi connectivity index (χ4v) is 1.78. The van der Waals surface area contributed by atoms with Gasteiger partial charge in [-0.15, -0.1) is 0 Å². The topological polar surface area (TPSA) is 158 Å². The number of rotatable bonds is 8. The van der Waals surface area contributed by atoms with Crippen LogP contribution in [0.5, 0.6) is 0 Å². The van der Waals surface area contributed by atoms with E-state index in [0.29, 0.717) is 19.4 Å². The van der Waals surface area contributed by atoms with Crippen molar-refractivity contribution in [3.8, 4) is 0 Å². The highest BCUT2D eigenvalue weighted by atomic mass is 16.5. The van der Waals surface area contributed by atoms with Crippen LogP contribution < -0.4 is 28.1 Å². The van der Waals surface area contributed by atoms with E-state index in [1.165, 1.54) is 0 Å². The van der Waals surface area contributed by atoms with Crippen LogP contribution in [-0.4, -0.2) is 30.5 Å². The van der Waals surface area contributed by atoms with Crippen molar-refractivity contribution in [1.82, 2.24) is 10.7 Å². The smallest absolute Gasteiger partial charge is 0.408 e. The van der Waals surface area contributed by atoms with Crippen LogP contribution >= 0.6 is 0 Å². The second-order valence-corrected chi connectivity index (χ2v) is 4.72. The second-order valence-electron chi connectivity index (χ2n) is 4.72. The molecule has 1 aromatic rings. The molecule has 0 aliphatic heterocycles. The van der Waals surface area contributed by atoms with Gasteiger partial charge in [0.05, 0.1) is 0 Å². The van der Waals surface area contributed by atoms with Gasteiger partial charge >= 0.3 is 6.09 Å². The van der Waals surface area contributed by atoms with Crippen LogP contribution in [-0.2, 0) is 16.1 Å². The Morgan fingerprint density at radius 1 is 1.22 bits per heavy atom. The number of nitrogens with one attached hydrogen (secondary N) is 2. The fraction of sp³-hybridized carbons (Fsp3) is 0.357. The molecule has 9 heteroatoms. The standard InChI is InChI=1S/C14H22N6O3/c15-13(16)18-8-4-7-11(12(21)20-17)19-14(22)23-9-10-5-2-1-3-6-10/h1-3,5-6,11H,4,7-9,17H2,(H,19,22)(H,20,21)(H4,15,16,18)/t11-/m0/s1. The maximum Gasteiger partial charge on any atom is 0.408 e. The summed E-state index contributed by atoms with van der Waals surface area (Å²) in [6, 6.07) is 8.37. The Hall–Kier alpha value is -2.81. The Bertz CT molecular complexity index is 531. The van der Waals surface area contributed by atoms with Crippen LogP contribution in [0.1, 0.15) is 18.4 Å². The Kier molecular flexibility index (Phi) is 7.94. The summed E-state index contributed by atoms with van der Waals surface area (Å²) < 4.78 is 5.06. The van der Waals surface area contributed by atoms with Crippen molar-refractivity contribution in [3.63, 3.8) is 0 Å². The maximum atomic E-state index is 11.8. The second kappa shape index (κ2) is 10.0. The number of carbonyl (C=O) groups excluding carboxylic acids is 2. The van der Waals surface area contributed by atoms with Gasteiger partial charge in [0.1, 0.15) is 12.6 Å². The molecule has 8 N–H and O–H groups in total. The highest BCUT2D eigenvalue weighted by Crippen LogP contribution is 2.02. The van der Waals surface area contributed by atoms with E-state index in [1.54, 1.807) is 0 Å². The molecule has 0 spiro atoms. The molecule has 0 aliphatic carbocycles. The SMILES string of the molecule is NNC(=O)[C@H](CCCN=C(N)N)NC(=O)OCc1ccccc1. The summed E-state index contributed by atoms with van der Waals surface area (Å²) in [5.74, 6) is 4.56. The first-order chi connectivity index (χ1) is 11.0. The highest BCUT2D eigenvalue weighted by molar-refractivity contribution is 5.85. The average Bonchev–Trinajstić information content (AvgIpc) is 2.55. The quantitative estimate of drug-likeness (QED) is 0.107. The maximum absolute atomic E-state index is 11.8. The zero-order valence-corrected chi connectivity index (χ0v) is 12.7. The summed E-state index contributed by atoms with van der Waals surface area (Å²) in [7, 11) is 0. The molecule has 0 bridgehead atoms. The van der Waals surface area contributed by atoms with E-state index in [0.717, 1.165) is 5.56 Å². The van der Waals surface area contributed by atoms with E-state index >= 15 is 0 Å². The van der Waals surface area contributed by atoms with E-state index in [-0.39, 0.29) is 12.6 Å². The lowest BCUT2D eigenvalue weighted by molar-refractivity contribution is -0.123.